The number of methoxy groups -OCH3 is 2. The van der Waals surface area contributed by atoms with E-state index < -0.39 is 0 Å². The molecule has 1 aromatic heterocycles. The molecule has 0 saturated carbocycles. The number of anilines is 1. The van der Waals surface area contributed by atoms with Gasteiger partial charge in [-0.15, -0.1) is 24.0 Å². The second kappa shape index (κ2) is 13.3. The molecule has 0 spiro atoms. The summed E-state index contributed by atoms with van der Waals surface area (Å²) >= 11 is 0. The molecule has 1 aliphatic heterocycles. The third kappa shape index (κ3) is 7.40. The van der Waals surface area contributed by atoms with Crippen LogP contribution in [0, 0.1) is 0 Å². The highest BCUT2D eigenvalue weighted by Crippen LogP contribution is 2.27. The van der Waals surface area contributed by atoms with Gasteiger partial charge in [-0.1, -0.05) is 13.0 Å². The first kappa shape index (κ1) is 26.0. The van der Waals surface area contributed by atoms with Gasteiger partial charge in [0, 0.05) is 38.9 Å². The Morgan fingerprint density at radius 1 is 1.06 bits per heavy atom. The van der Waals surface area contributed by atoms with Gasteiger partial charge < -0.3 is 30.3 Å². The Kier molecular flexibility index (Phi) is 10.8. The van der Waals surface area contributed by atoms with Crippen molar-refractivity contribution >= 4 is 35.8 Å². The zero-order valence-electron chi connectivity index (χ0n) is 19.2. The van der Waals surface area contributed by atoms with Crippen molar-refractivity contribution < 1.29 is 9.47 Å². The second-order valence-electron chi connectivity index (χ2n) is 7.51. The summed E-state index contributed by atoms with van der Waals surface area (Å²) in [6.45, 7) is 8.71. The maximum Gasteiger partial charge on any atom is 0.188 e. The Balaban J connectivity index is 0.00000363. The highest BCUT2D eigenvalue weighted by Gasteiger charge is 2.16. The van der Waals surface area contributed by atoms with E-state index in [4.69, 9.17) is 15.2 Å². The Hall–Kier alpha value is -2.27. The van der Waals surface area contributed by atoms with Crippen LogP contribution in [0.4, 0.5) is 5.82 Å². The van der Waals surface area contributed by atoms with Crippen molar-refractivity contribution in [3.8, 4) is 11.5 Å². The number of nitrogens with zero attached hydrogens (tertiary/aromatic N) is 4. The summed E-state index contributed by atoms with van der Waals surface area (Å²) in [5.41, 5.74) is 8.30. The summed E-state index contributed by atoms with van der Waals surface area (Å²) in [4.78, 5) is 13.8. The fraction of sp³-hybridized carbons (Fsp3) is 0.478. The van der Waals surface area contributed by atoms with Crippen LogP contribution in [-0.4, -0.2) is 69.3 Å². The SMILES string of the molecule is CCN1CCN(c2cc(CN=C(N)NCCc3ccc(OC)c(OC)c3)ccn2)CC1.I. The summed E-state index contributed by atoms with van der Waals surface area (Å²) in [5.74, 6) is 2.91. The van der Waals surface area contributed by atoms with E-state index in [0.29, 0.717) is 19.0 Å². The molecular formula is C23H35IN6O2. The largest absolute Gasteiger partial charge is 0.493 e. The Bertz CT molecular complexity index is 871. The van der Waals surface area contributed by atoms with Crippen molar-refractivity contribution in [2.24, 2.45) is 10.7 Å². The minimum absolute atomic E-state index is 0. The molecule has 32 heavy (non-hydrogen) atoms. The van der Waals surface area contributed by atoms with Crippen LogP contribution in [0.15, 0.2) is 41.5 Å². The molecule has 0 unspecified atom stereocenters. The number of ether oxygens (including phenoxy) is 2. The fourth-order valence-electron chi connectivity index (χ4n) is 3.63. The number of benzene rings is 1. The van der Waals surface area contributed by atoms with E-state index in [-0.39, 0.29) is 24.0 Å². The molecule has 1 saturated heterocycles. The topological polar surface area (TPSA) is 88.2 Å². The van der Waals surface area contributed by atoms with Gasteiger partial charge >= 0.3 is 0 Å². The summed E-state index contributed by atoms with van der Waals surface area (Å²) in [6.07, 6.45) is 2.66. The van der Waals surface area contributed by atoms with E-state index in [0.717, 1.165) is 67.6 Å². The summed E-state index contributed by atoms with van der Waals surface area (Å²) in [6, 6.07) is 10.0. The number of hydrogen-bond acceptors (Lipinski definition) is 6. The zero-order chi connectivity index (χ0) is 22.1. The number of hydrogen-bond donors (Lipinski definition) is 2. The molecule has 9 heteroatoms. The number of nitrogens with one attached hydrogen (secondary N) is 1. The average molecular weight is 554 g/mol. The quantitative estimate of drug-likeness (QED) is 0.280. The number of nitrogens with two attached hydrogens (primary N) is 1. The molecule has 1 aromatic carbocycles. The van der Waals surface area contributed by atoms with Crippen LogP contribution >= 0.6 is 24.0 Å². The molecule has 0 radical (unpaired) electrons. The molecule has 3 N–H and O–H groups in total. The van der Waals surface area contributed by atoms with E-state index in [9.17, 15) is 0 Å². The van der Waals surface area contributed by atoms with Gasteiger partial charge in [-0.05, 0) is 48.4 Å². The van der Waals surface area contributed by atoms with E-state index in [2.05, 4.69) is 38.1 Å². The van der Waals surface area contributed by atoms with Crippen LogP contribution < -0.4 is 25.4 Å². The first-order valence-corrected chi connectivity index (χ1v) is 10.8. The standard InChI is InChI=1S/C23H34N6O2.HI/c1-4-28-11-13-29(14-12-28)22-16-19(8-9-25-22)17-27-23(24)26-10-7-18-5-6-20(30-2)21(15-18)31-3;/h5-6,8-9,15-16H,4,7,10-14,17H2,1-3H3,(H3,24,26,27);1H. The van der Waals surface area contributed by atoms with Crippen LogP contribution in [0.25, 0.3) is 0 Å². The number of halogens is 1. The Labute approximate surface area is 208 Å². The minimum atomic E-state index is 0. The number of likely N-dealkylation sites (N-methyl/N-ethyl adjacent to an activating group) is 1. The third-order valence-corrected chi connectivity index (χ3v) is 5.55. The van der Waals surface area contributed by atoms with Gasteiger partial charge in [0.15, 0.2) is 17.5 Å². The van der Waals surface area contributed by atoms with Crippen LogP contribution in [0.2, 0.25) is 0 Å². The van der Waals surface area contributed by atoms with E-state index in [1.54, 1.807) is 14.2 Å². The monoisotopic (exact) mass is 554 g/mol. The van der Waals surface area contributed by atoms with Gasteiger partial charge in [0.2, 0.25) is 0 Å². The molecule has 0 aliphatic carbocycles. The third-order valence-electron chi connectivity index (χ3n) is 5.55. The highest BCUT2D eigenvalue weighted by molar-refractivity contribution is 14.0. The van der Waals surface area contributed by atoms with Crippen molar-refractivity contribution in [1.82, 2.24) is 15.2 Å². The predicted octanol–water partition coefficient (Wildman–Crippen LogP) is 2.51. The number of aliphatic imine (C=N–C) groups is 1. The van der Waals surface area contributed by atoms with Gasteiger partial charge in [-0.2, -0.15) is 0 Å². The number of guanidine groups is 1. The van der Waals surface area contributed by atoms with Crippen molar-refractivity contribution in [2.45, 2.75) is 19.9 Å². The number of pyridine rings is 1. The molecular weight excluding hydrogens is 519 g/mol. The van der Waals surface area contributed by atoms with E-state index in [1.807, 2.05) is 30.5 Å². The van der Waals surface area contributed by atoms with Gasteiger partial charge in [-0.25, -0.2) is 9.98 Å². The molecule has 0 amide bonds. The molecule has 8 nitrogen and oxygen atoms in total. The number of aromatic nitrogens is 1. The smallest absolute Gasteiger partial charge is 0.188 e. The predicted molar refractivity (Wildman–Crippen MR) is 141 cm³/mol. The molecule has 0 bridgehead atoms. The van der Waals surface area contributed by atoms with Gasteiger partial charge in [-0.3, -0.25) is 0 Å². The number of piperazine rings is 1. The lowest BCUT2D eigenvalue weighted by Gasteiger charge is -2.34. The summed E-state index contributed by atoms with van der Waals surface area (Å²) in [7, 11) is 3.27. The molecule has 1 aliphatic rings. The van der Waals surface area contributed by atoms with Crippen molar-refractivity contribution in [2.75, 3.05) is 58.4 Å². The van der Waals surface area contributed by atoms with E-state index in [1.165, 1.54) is 0 Å². The Morgan fingerprint density at radius 3 is 2.50 bits per heavy atom. The van der Waals surface area contributed by atoms with Crippen molar-refractivity contribution in [1.29, 1.82) is 0 Å². The molecule has 3 rings (SSSR count). The molecule has 2 aromatic rings. The highest BCUT2D eigenvalue weighted by atomic mass is 127. The lowest BCUT2D eigenvalue weighted by Crippen LogP contribution is -2.46. The lowest BCUT2D eigenvalue weighted by atomic mass is 10.1. The van der Waals surface area contributed by atoms with Gasteiger partial charge in [0.1, 0.15) is 5.82 Å². The summed E-state index contributed by atoms with van der Waals surface area (Å²) < 4.78 is 10.6. The molecule has 2 heterocycles. The first-order valence-electron chi connectivity index (χ1n) is 10.8. The van der Waals surface area contributed by atoms with E-state index >= 15 is 0 Å². The van der Waals surface area contributed by atoms with Crippen LogP contribution in [0.3, 0.4) is 0 Å². The van der Waals surface area contributed by atoms with Crippen molar-refractivity contribution in [3.05, 3.63) is 47.7 Å². The van der Waals surface area contributed by atoms with Gasteiger partial charge in [0.05, 0.1) is 20.8 Å². The van der Waals surface area contributed by atoms with Crippen LogP contribution in [-0.2, 0) is 13.0 Å². The molecule has 176 valence electrons. The minimum Gasteiger partial charge on any atom is -0.493 e. The van der Waals surface area contributed by atoms with Crippen LogP contribution in [0.1, 0.15) is 18.1 Å². The zero-order valence-corrected chi connectivity index (χ0v) is 21.5. The lowest BCUT2D eigenvalue weighted by molar-refractivity contribution is 0.270. The maximum absolute atomic E-state index is 6.06. The normalized spacial score (nSPS) is 14.6. The molecule has 0 atom stereocenters. The van der Waals surface area contributed by atoms with Gasteiger partial charge in [0.25, 0.3) is 0 Å². The average Bonchev–Trinajstić information content (AvgIpc) is 2.83. The number of rotatable bonds is 9. The second-order valence-corrected chi connectivity index (χ2v) is 7.51. The summed E-state index contributed by atoms with van der Waals surface area (Å²) in [5, 5.41) is 3.18. The van der Waals surface area contributed by atoms with Crippen molar-refractivity contribution in [3.63, 3.8) is 0 Å². The fourth-order valence-corrected chi connectivity index (χ4v) is 3.63. The Morgan fingerprint density at radius 2 is 1.81 bits per heavy atom. The molecule has 1 fully saturated rings. The van der Waals surface area contributed by atoms with Crippen LogP contribution in [0.5, 0.6) is 11.5 Å². The maximum atomic E-state index is 6.06. The first-order chi connectivity index (χ1) is 15.1.